The second-order valence-electron chi connectivity index (χ2n) is 4.92. The number of hydrogen-bond donors (Lipinski definition) is 1. The first-order valence-corrected chi connectivity index (χ1v) is 8.30. The van der Waals surface area contributed by atoms with Gasteiger partial charge in [-0.3, -0.25) is 0 Å². The van der Waals surface area contributed by atoms with E-state index in [1.54, 1.807) is 21.7 Å². The summed E-state index contributed by atoms with van der Waals surface area (Å²) < 4.78 is 11.4. The molecule has 2 rings (SSSR count). The predicted octanol–water partition coefficient (Wildman–Crippen LogP) is 1.87. The highest BCUT2D eigenvalue weighted by molar-refractivity contribution is 7.07. The van der Waals surface area contributed by atoms with Crippen molar-refractivity contribution in [3.63, 3.8) is 0 Å². The van der Waals surface area contributed by atoms with E-state index in [0.717, 1.165) is 12.1 Å². The summed E-state index contributed by atoms with van der Waals surface area (Å²) in [5.41, 5.74) is 2.72. The maximum Gasteiger partial charge on any atom is 0.317 e. The van der Waals surface area contributed by atoms with E-state index in [-0.39, 0.29) is 18.2 Å². The molecular formula is C14H23N3O3S. The number of nitrogens with zero attached hydrogens (tertiary/aromatic N) is 2. The van der Waals surface area contributed by atoms with Crippen molar-refractivity contribution < 1.29 is 14.3 Å². The van der Waals surface area contributed by atoms with Gasteiger partial charge >= 0.3 is 6.03 Å². The highest BCUT2D eigenvalue weighted by Gasteiger charge is 2.29. The zero-order chi connectivity index (χ0) is 15.1. The van der Waals surface area contributed by atoms with E-state index in [1.165, 1.54) is 0 Å². The molecule has 0 aromatic carbocycles. The van der Waals surface area contributed by atoms with E-state index in [2.05, 4.69) is 10.3 Å². The molecule has 0 saturated carbocycles. The lowest BCUT2D eigenvalue weighted by atomic mass is 10.1. The molecule has 0 spiro atoms. The minimum atomic E-state index is -0.106. The van der Waals surface area contributed by atoms with Gasteiger partial charge in [0.25, 0.3) is 0 Å². The fraction of sp³-hybridized carbons (Fsp3) is 0.714. The molecule has 0 aliphatic carbocycles. The normalized spacial score (nSPS) is 22.0. The minimum Gasteiger partial charge on any atom is -0.379 e. The molecule has 1 saturated heterocycles. The first-order chi connectivity index (χ1) is 10.2. The van der Waals surface area contributed by atoms with E-state index >= 15 is 0 Å². The van der Waals surface area contributed by atoms with Gasteiger partial charge in [0, 0.05) is 25.1 Å². The van der Waals surface area contributed by atoms with Crippen LogP contribution < -0.4 is 5.32 Å². The molecule has 2 heterocycles. The standard InChI is InChI=1S/C14H23N3O3S/c1-3-17(4-2)14(18)16-12-8-19-6-5-13(12)20-7-11-9-21-10-15-11/h9-10,12-13H,3-8H2,1-2H3,(H,16,18)/t12-,13+/m1/s1. The van der Waals surface area contributed by atoms with Crippen LogP contribution in [0.15, 0.2) is 10.9 Å². The lowest BCUT2D eigenvalue weighted by molar-refractivity contribution is -0.0610. The summed E-state index contributed by atoms with van der Waals surface area (Å²) in [4.78, 5) is 18.1. The number of carbonyl (C=O) groups is 1. The number of rotatable bonds is 6. The van der Waals surface area contributed by atoms with Gasteiger partial charge in [0.1, 0.15) is 0 Å². The molecule has 2 amide bonds. The van der Waals surface area contributed by atoms with Gasteiger partial charge in [-0.1, -0.05) is 0 Å². The van der Waals surface area contributed by atoms with Gasteiger partial charge in [-0.25, -0.2) is 9.78 Å². The Morgan fingerprint density at radius 3 is 3.05 bits per heavy atom. The van der Waals surface area contributed by atoms with E-state index in [4.69, 9.17) is 9.47 Å². The van der Waals surface area contributed by atoms with Crippen LogP contribution in [-0.2, 0) is 16.1 Å². The zero-order valence-electron chi connectivity index (χ0n) is 12.6. The Balaban J connectivity index is 1.87. The first kappa shape index (κ1) is 16.2. The van der Waals surface area contributed by atoms with Crippen LogP contribution in [0.1, 0.15) is 26.0 Å². The Morgan fingerprint density at radius 1 is 1.57 bits per heavy atom. The van der Waals surface area contributed by atoms with Crippen LogP contribution in [0.4, 0.5) is 4.79 Å². The SMILES string of the molecule is CCN(CC)C(=O)N[C@@H]1COCC[C@@H]1OCc1cscn1. The van der Waals surface area contributed by atoms with Crippen LogP contribution >= 0.6 is 11.3 Å². The monoisotopic (exact) mass is 313 g/mol. The Kier molecular flexibility index (Phi) is 6.41. The zero-order valence-corrected chi connectivity index (χ0v) is 13.4. The number of aromatic nitrogens is 1. The molecule has 6 nitrogen and oxygen atoms in total. The van der Waals surface area contributed by atoms with Gasteiger partial charge in [-0.2, -0.15) is 0 Å². The highest BCUT2D eigenvalue weighted by atomic mass is 32.1. The lowest BCUT2D eigenvalue weighted by Gasteiger charge is -2.33. The molecule has 1 fully saturated rings. The van der Waals surface area contributed by atoms with Gasteiger partial charge < -0.3 is 19.7 Å². The molecule has 7 heteroatoms. The second-order valence-corrected chi connectivity index (χ2v) is 5.64. The Bertz CT molecular complexity index is 423. The molecule has 1 aromatic heterocycles. The third-order valence-electron chi connectivity index (χ3n) is 3.58. The largest absolute Gasteiger partial charge is 0.379 e. The van der Waals surface area contributed by atoms with Crippen molar-refractivity contribution in [2.75, 3.05) is 26.3 Å². The van der Waals surface area contributed by atoms with Crippen molar-refractivity contribution in [2.24, 2.45) is 0 Å². The summed E-state index contributed by atoms with van der Waals surface area (Å²) in [6.07, 6.45) is 0.757. The fourth-order valence-corrected chi connectivity index (χ4v) is 2.86. The van der Waals surface area contributed by atoms with Crippen molar-refractivity contribution in [3.8, 4) is 0 Å². The van der Waals surface area contributed by atoms with Crippen LogP contribution in [0.25, 0.3) is 0 Å². The van der Waals surface area contributed by atoms with Gasteiger partial charge in [0.15, 0.2) is 0 Å². The molecule has 2 atom stereocenters. The molecule has 1 aliphatic rings. The summed E-state index contributed by atoms with van der Waals surface area (Å²) in [5, 5.41) is 5.00. The van der Waals surface area contributed by atoms with Crippen molar-refractivity contribution in [3.05, 3.63) is 16.6 Å². The van der Waals surface area contributed by atoms with E-state index in [1.807, 2.05) is 19.2 Å². The summed E-state index contributed by atoms with van der Waals surface area (Å²) in [7, 11) is 0. The quantitative estimate of drug-likeness (QED) is 0.871. The number of urea groups is 1. The van der Waals surface area contributed by atoms with Crippen LogP contribution in [-0.4, -0.2) is 54.4 Å². The predicted molar refractivity (Wildman–Crippen MR) is 81.4 cm³/mol. The van der Waals surface area contributed by atoms with Crippen molar-refractivity contribution in [1.29, 1.82) is 0 Å². The first-order valence-electron chi connectivity index (χ1n) is 7.36. The van der Waals surface area contributed by atoms with Crippen LogP contribution in [0.2, 0.25) is 0 Å². The van der Waals surface area contributed by atoms with Gasteiger partial charge in [0.05, 0.1) is 36.6 Å². The summed E-state index contributed by atoms with van der Waals surface area (Å²) in [6.45, 7) is 6.97. The Morgan fingerprint density at radius 2 is 2.38 bits per heavy atom. The minimum absolute atomic E-state index is 0.0278. The maximum atomic E-state index is 12.1. The molecule has 1 N–H and O–H groups in total. The van der Waals surface area contributed by atoms with Gasteiger partial charge in [-0.15, -0.1) is 11.3 Å². The van der Waals surface area contributed by atoms with Crippen LogP contribution in [0.5, 0.6) is 0 Å². The maximum absolute atomic E-state index is 12.1. The molecular weight excluding hydrogens is 290 g/mol. The molecule has 0 bridgehead atoms. The fourth-order valence-electron chi connectivity index (χ4n) is 2.31. The van der Waals surface area contributed by atoms with Gasteiger partial charge in [0.2, 0.25) is 0 Å². The Labute approximate surface area is 129 Å². The molecule has 0 unspecified atom stereocenters. The average Bonchev–Trinajstić information content (AvgIpc) is 3.01. The number of carbonyl (C=O) groups excluding carboxylic acids is 1. The number of thiazole rings is 1. The number of ether oxygens (including phenoxy) is 2. The third kappa shape index (κ3) is 4.66. The number of amides is 2. The highest BCUT2D eigenvalue weighted by Crippen LogP contribution is 2.15. The van der Waals surface area contributed by atoms with Crippen LogP contribution in [0, 0.1) is 0 Å². The van der Waals surface area contributed by atoms with E-state index in [9.17, 15) is 4.79 Å². The van der Waals surface area contributed by atoms with Crippen molar-refractivity contribution >= 4 is 17.4 Å². The van der Waals surface area contributed by atoms with E-state index < -0.39 is 0 Å². The topological polar surface area (TPSA) is 63.7 Å². The summed E-state index contributed by atoms with van der Waals surface area (Å²) in [5.74, 6) is 0. The summed E-state index contributed by atoms with van der Waals surface area (Å²) >= 11 is 1.56. The molecule has 0 radical (unpaired) electrons. The van der Waals surface area contributed by atoms with Crippen LogP contribution in [0.3, 0.4) is 0 Å². The molecule has 118 valence electrons. The van der Waals surface area contributed by atoms with Crippen molar-refractivity contribution in [1.82, 2.24) is 15.2 Å². The van der Waals surface area contributed by atoms with Crippen molar-refractivity contribution in [2.45, 2.75) is 39.0 Å². The smallest absolute Gasteiger partial charge is 0.317 e. The second kappa shape index (κ2) is 8.31. The molecule has 1 aliphatic heterocycles. The Hall–Kier alpha value is -1.18. The molecule has 21 heavy (non-hydrogen) atoms. The lowest BCUT2D eigenvalue weighted by Crippen LogP contribution is -2.54. The third-order valence-corrected chi connectivity index (χ3v) is 4.22. The molecule has 1 aromatic rings. The van der Waals surface area contributed by atoms with Gasteiger partial charge in [-0.05, 0) is 20.3 Å². The van der Waals surface area contributed by atoms with E-state index in [0.29, 0.717) is 32.9 Å². The summed E-state index contributed by atoms with van der Waals surface area (Å²) in [6, 6.07) is -0.164. The number of nitrogens with one attached hydrogen (secondary N) is 1. The number of hydrogen-bond acceptors (Lipinski definition) is 5. The average molecular weight is 313 g/mol.